The second-order valence-corrected chi connectivity index (χ2v) is 4.51. The van der Waals surface area contributed by atoms with Crippen LogP contribution in [-0.2, 0) is 0 Å². The first-order chi connectivity index (χ1) is 8.79. The maximum absolute atomic E-state index is 6.02. The molecule has 1 aliphatic heterocycles. The van der Waals surface area contributed by atoms with E-state index in [-0.39, 0.29) is 0 Å². The lowest BCUT2D eigenvalue weighted by atomic mass is 10.1. The van der Waals surface area contributed by atoms with Gasteiger partial charge in [0.25, 0.3) is 0 Å². The number of methoxy groups -OCH3 is 1. The Balaban J connectivity index is 2.18. The first-order valence-electron chi connectivity index (χ1n) is 6.10. The van der Waals surface area contributed by atoms with Crippen LogP contribution in [0.2, 0.25) is 0 Å². The number of rotatable bonds is 2. The minimum atomic E-state index is 0.349. The highest BCUT2D eigenvalue weighted by atomic mass is 16.5. The lowest BCUT2D eigenvalue weighted by Gasteiger charge is -2.11. The topological polar surface area (TPSA) is 73.1 Å². The predicted octanol–water partition coefficient (Wildman–Crippen LogP) is 1.30. The number of nitrogens with one attached hydrogen (secondary N) is 1. The van der Waals surface area contributed by atoms with Crippen molar-refractivity contribution in [3.8, 4) is 5.75 Å². The number of hydrogen-bond acceptors (Lipinski definition) is 5. The Morgan fingerprint density at radius 2 is 2.28 bits per heavy atom. The van der Waals surface area contributed by atoms with Gasteiger partial charge in [-0.05, 0) is 25.1 Å². The highest BCUT2D eigenvalue weighted by molar-refractivity contribution is 5.92. The van der Waals surface area contributed by atoms with Gasteiger partial charge in [-0.2, -0.15) is 0 Å². The van der Waals surface area contributed by atoms with Gasteiger partial charge in [0.1, 0.15) is 22.9 Å². The Morgan fingerprint density at radius 1 is 1.39 bits per heavy atom. The normalized spacial score (nSPS) is 19.3. The molecule has 1 atom stereocenters. The summed E-state index contributed by atoms with van der Waals surface area (Å²) in [5.74, 6) is 2.44. The molecule has 1 saturated heterocycles. The number of para-hydroxylation sites is 1. The minimum Gasteiger partial charge on any atom is -0.494 e. The monoisotopic (exact) mass is 244 g/mol. The predicted molar refractivity (Wildman–Crippen MR) is 70.7 cm³/mol. The number of hydrogen-bond donors (Lipinski definition) is 2. The van der Waals surface area contributed by atoms with Crippen molar-refractivity contribution < 1.29 is 4.74 Å². The van der Waals surface area contributed by atoms with Gasteiger partial charge in [0.2, 0.25) is 0 Å². The third kappa shape index (κ3) is 1.76. The molecule has 5 nitrogen and oxygen atoms in total. The van der Waals surface area contributed by atoms with E-state index in [9.17, 15) is 0 Å². The Morgan fingerprint density at radius 3 is 3.00 bits per heavy atom. The van der Waals surface area contributed by atoms with E-state index >= 15 is 0 Å². The number of nitrogens with zero attached hydrogens (tertiary/aromatic N) is 2. The molecule has 5 heteroatoms. The summed E-state index contributed by atoms with van der Waals surface area (Å²) in [6, 6.07) is 5.72. The molecule has 0 aliphatic carbocycles. The van der Waals surface area contributed by atoms with Crippen molar-refractivity contribution in [2.24, 2.45) is 0 Å². The third-order valence-electron chi connectivity index (χ3n) is 3.38. The van der Waals surface area contributed by atoms with Gasteiger partial charge in [-0.25, -0.2) is 9.97 Å². The van der Waals surface area contributed by atoms with Gasteiger partial charge in [0, 0.05) is 17.8 Å². The summed E-state index contributed by atoms with van der Waals surface area (Å²) in [5.41, 5.74) is 6.82. The fourth-order valence-corrected chi connectivity index (χ4v) is 2.39. The maximum Gasteiger partial charge on any atom is 0.145 e. The largest absolute Gasteiger partial charge is 0.494 e. The van der Waals surface area contributed by atoms with Crippen LogP contribution in [0, 0.1) is 0 Å². The number of ether oxygens (including phenoxy) is 1. The Bertz CT molecular complexity index is 578. The zero-order chi connectivity index (χ0) is 12.5. The number of aromatic nitrogens is 2. The molecule has 3 rings (SSSR count). The van der Waals surface area contributed by atoms with Gasteiger partial charge in [0.05, 0.1) is 7.11 Å². The lowest BCUT2D eigenvalue weighted by Crippen LogP contribution is -2.11. The van der Waals surface area contributed by atoms with Gasteiger partial charge >= 0.3 is 0 Å². The Kier molecular flexibility index (Phi) is 2.76. The van der Waals surface area contributed by atoms with Crippen molar-refractivity contribution in [2.75, 3.05) is 25.9 Å². The fraction of sp³-hybridized carbons (Fsp3) is 0.385. The van der Waals surface area contributed by atoms with Gasteiger partial charge < -0.3 is 15.8 Å². The summed E-state index contributed by atoms with van der Waals surface area (Å²) in [6.45, 7) is 1.93. The number of fused-ring (bicyclic) bond motifs is 1. The standard InChI is InChI=1S/C13H16N4O/c1-18-10-4-2-3-9-11(10)16-13(17-12(9)14)8-5-6-15-7-8/h2-4,8,15H,5-7H2,1H3,(H2,14,16,17). The molecular weight excluding hydrogens is 228 g/mol. The van der Waals surface area contributed by atoms with E-state index in [2.05, 4.69) is 15.3 Å². The van der Waals surface area contributed by atoms with Crippen molar-refractivity contribution in [3.05, 3.63) is 24.0 Å². The van der Waals surface area contributed by atoms with Crippen molar-refractivity contribution >= 4 is 16.7 Å². The van der Waals surface area contributed by atoms with E-state index in [0.717, 1.165) is 42.0 Å². The summed E-state index contributed by atoms with van der Waals surface area (Å²) in [4.78, 5) is 9.06. The smallest absolute Gasteiger partial charge is 0.145 e. The Hall–Kier alpha value is -1.88. The molecule has 0 saturated carbocycles. The summed E-state index contributed by atoms with van der Waals surface area (Å²) < 4.78 is 5.34. The van der Waals surface area contributed by atoms with Crippen LogP contribution < -0.4 is 15.8 Å². The number of nitrogen functional groups attached to an aromatic ring is 1. The molecule has 2 aromatic rings. The van der Waals surface area contributed by atoms with Crippen molar-refractivity contribution in [3.63, 3.8) is 0 Å². The van der Waals surface area contributed by atoms with E-state index in [1.165, 1.54) is 0 Å². The molecular formula is C13H16N4O. The highest BCUT2D eigenvalue weighted by Gasteiger charge is 2.21. The maximum atomic E-state index is 6.02. The van der Waals surface area contributed by atoms with Crippen LogP contribution in [-0.4, -0.2) is 30.2 Å². The zero-order valence-electron chi connectivity index (χ0n) is 10.3. The molecule has 1 unspecified atom stereocenters. The summed E-state index contributed by atoms with van der Waals surface area (Å²) in [6.07, 6.45) is 1.06. The van der Waals surface area contributed by atoms with Crippen molar-refractivity contribution in [2.45, 2.75) is 12.3 Å². The highest BCUT2D eigenvalue weighted by Crippen LogP contribution is 2.29. The molecule has 3 N–H and O–H groups in total. The first kappa shape index (κ1) is 11.2. The van der Waals surface area contributed by atoms with E-state index in [1.807, 2.05) is 18.2 Å². The van der Waals surface area contributed by atoms with Crippen LogP contribution in [0.15, 0.2) is 18.2 Å². The van der Waals surface area contributed by atoms with E-state index < -0.39 is 0 Å². The van der Waals surface area contributed by atoms with Gasteiger partial charge in [-0.15, -0.1) is 0 Å². The van der Waals surface area contributed by atoms with E-state index in [4.69, 9.17) is 10.5 Å². The summed E-state index contributed by atoms with van der Waals surface area (Å²) in [5, 5.41) is 4.17. The van der Waals surface area contributed by atoms with E-state index in [0.29, 0.717) is 11.7 Å². The number of nitrogens with two attached hydrogens (primary N) is 1. The Labute approximate surface area is 105 Å². The second-order valence-electron chi connectivity index (χ2n) is 4.51. The van der Waals surface area contributed by atoms with Gasteiger partial charge in [-0.3, -0.25) is 0 Å². The van der Waals surface area contributed by atoms with Crippen LogP contribution in [0.25, 0.3) is 10.9 Å². The molecule has 1 aromatic carbocycles. The molecule has 18 heavy (non-hydrogen) atoms. The van der Waals surface area contributed by atoms with Crippen LogP contribution >= 0.6 is 0 Å². The van der Waals surface area contributed by atoms with Crippen LogP contribution in [0.5, 0.6) is 5.75 Å². The molecule has 1 aromatic heterocycles. The van der Waals surface area contributed by atoms with Crippen LogP contribution in [0.1, 0.15) is 18.2 Å². The second kappa shape index (κ2) is 4.42. The molecule has 0 amide bonds. The average molecular weight is 244 g/mol. The minimum absolute atomic E-state index is 0.349. The SMILES string of the molecule is COc1cccc2c(N)nc(C3CCNC3)nc12. The lowest BCUT2D eigenvalue weighted by molar-refractivity contribution is 0.418. The van der Waals surface area contributed by atoms with Crippen LogP contribution in [0.3, 0.4) is 0 Å². The molecule has 2 heterocycles. The van der Waals surface area contributed by atoms with Crippen LogP contribution in [0.4, 0.5) is 5.82 Å². The fourth-order valence-electron chi connectivity index (χ4n) is 2.39. The quantitative estimate of drug-likeness (QED) is 0.833. The molecule has 0 radical (unpaired) electrons. The average Bonchev–Trinajstić information content (AvgIpc) is 2.92. The van der Waals surface area contributed by atoms with Crippen molar-refractivity contribution in [1.82, 2.24) is 15.3 Å². The van der Waals surface area contributed by atoms with Gasteiger partial charge in [-0.1, -0.05) is 6.07 Å². The molecule has 0 bridgehead atoms. The summed E-state index contributed by atoms with van der Waals surface area (Å²) >= 11 is 0. The number of anilines is 1. The third-order valence-corrected chi connectivity index (χ3v) is 3.38. The first-order valence-corrected chi connectivity index (χ1v) is 6.10. The number of benzene rings is 1. The van der Waals surface area contributed by atoms with Gasteiger partial charge in [0.15, 0.2) is 0 Å². The molecule has 1 aliphatic rings. The molecule has 0 spiro atoms. The molecule has 1 fully saturated rings. The van der Waals surface area contributed by atoms with Crippen molar-refractivity contribution in [1.29, 1.82) is 0 Å². The summed E-state index contributed by atoms with van der Waals surface area (Å²) in [7, 11) is 1.64. The molecule has 94 valence electrons. The zero-order valence-corrected chi connectivity index (χ0v) is 10.3. The van der Waals surface area contributed by atoms with E-state index in [1.54, 1.807) is 7.11 Å².